The van der Waals surface area contributed by atoms with Crippen molar-refractivity contribution in [2.45, 2.75) is 45.6 Å². The average Bonchev–Trinajstić information content (AvgIpc) is 2.81. The van der Waals surface area contributed by atoms with E-state index in [0.717, 1.165) is 36.6 Å². The number of fused-ring (bicyclic) bond motifs is 1. The zero-order valence-electron chi connectivity index (χ0n) is 14.2. The molecule has 24 heavy (non-hydrogen) atoms. The summed E-state index contributed by atoms with van der Waals surface area (Å²) in [6, 6.07) is 8.08. The minimum atomic E-state index is -0.0776. The molecule has 0 spiro atoms. The highest BCUT2D eigenvalue weighted by Gasteiger charge is 2.14. The van der Waals surface area contributed by atoms with Gasteiger partial charge in [0.15, 0.2) is 0 Å². The molecule has 0 fully saturated rings. The van der Waals surface area contributed by atoms with Crippen molar-refractivity contribution in [1.29, 1.82) is 0 Å². The number of carbonyl (C=O) groups is 1. The second kappa shape index (κ2) is 7.90. The summed E-state index contributed by atoms with van der Waals surface area (Å²) in [5.41, 5.74) is 2.24. The van der Waals surface area contributed by atoms with Crippen LogP contribution < -0.4 is 5.32 Å². The van der Waals surface area contributed by atoms with Gasteiger partial charge in [-0.25, -0.2) is 0 Å². The number of hydrogen-bond donors (Lipinski definition) is 1. The van der Waals surface area contributed by atoms with Crippen LogP contribution in [0.4, 0.5) is 0 Å². The highest BCUT2D eigenvalue weighted by molar-refractivity contribution is 5.91. The highest BCUT2D eigenvalue weighted by atomic mass is 16.1. The minimum absolute atomic E-state index is 0.0776. The zero-order chi connectivity index (χ0) is 16.8. The van der Waals surface area contributed by atoms with Crippen LogP contribution in [0.25, 0.3) is 6.08 Å². The van der Waals surface area contributed by atoms with Crippen molar-refractivity contribution in [3.05, 3.63) is 53.1 Å². The Labute approximate surface area is 142 Å². The second-order valence-electron chi connectivity index (χ2n) is 6.28. The number of benzene rings is 1. The number of rotatable bonds is 5. The number of hydrogen-bond acceptors (Lipinski definition) is 3. The maximum atomic E-state index is 11.9. The summed E-state index contributed by atoms with van der Waals surface area (Å²) >= 11 is 0. The van der Waals surface area contributed by atoms with Gasteiger partial charge in [0.1, 0.15) is 11.6 Å². The molecule has 0 unspecified atom stereocenters. The molecule has 1 N–H and O–H groups in total. The van der Waals surface area contributed by atoms with E-state index in [9.17, 15) is 4.79 Å². The van der Waals surface area contributed by atoms with Gasteiger partial charge in [0.25, 0.3) is 0 Å². The first-order valence-electron chi connectivity index (χ1n) is 8.66. The van der Waals surface area contributed by atoms with Gasteiger partial charge in [-0.05, 0) is 31.4 Å². The van der Waals surface area contributed by atoms with Gasteiger partial charge in [-0.15, -0.1) is 10.2 Å². The van der Waals surface area contributed by atoms with Crippen LogP contribution >= 0.6 is 0 Å². The van der Waals surface area contributed by atoms with Gasteiger partial charge < -0.3 is 9.88 Å². The first-order chi connectivity index (χ1) is 11.7. The molecule has 2 heterocycles. The molecule has 1 aromatic heterocycles. The SMILES string of the molecule is Cc1ccc(/C=C/C(=O)NCCc2nnc3n2CCCCC3)cc1. The fraction of sp³-hybridized carbons (Fsp3) is 0.421. The highest BCUT2D eigenvalue weighted by Crippen LogP contribution is 2.14. The monoisotopic (exact) mass is 324 g/mol. The van der Waals surface area contributed by atoms with Gasteiger partial charge in [-0.3, -0.25) is 4.79 Å². The quantitative estimate of drug-likeness (QED) is 0.860. The van der Waals surface area contributed by atoms with Crippen LogP contribution in [0.15, 0.2) is 30.3 Å². The molecular formula is C19H24N4O. The molecule has 5 heteroatoms. The Hall–Kier alpha value is -2.43. The lowest BCUT2D eigenvalue weighted by Crippen LogP contribution is -2.24. The van der Waals surface area contributed by atoms with E-state index in [1.54, 1.807) is 6.08 Å². The molecule has 0 saturated carbocycles. The lowest BCUT2D eigenvalue weighted by molar-refractivity contribution is -0.116. The molecule has 0 bridgehead atoms. The van der Waals surface area contributed by atoms with Gasteiger partial charge in [-0.2, -0.15) is 0 Å². The molecule has 1 aromatic carbocycles. The first-order valence-corrected chi connectivity index (χ1v) is 8.66. The number of nitrogens with zero attached hydrogens (tertiary/aromatic N) is 3. The van der Waals surface area contributed by atoms with Crippen molar-refractivity contribution >= 4 is 12.0 Å². The fourth-order valence-electron chi connectivity index (χ4n) is 2.94. The predicted octanol–water partition coefficient (Wildman–Crippen LogP) is 2.69. The third kappa shape index (κ3) is 4.31. The third-order valence-electron chi connectivity index (χ3n) is 4.34. The molecule has 0 radical (unpaired) electrons. The van der Waals surface area contributed by atoms with Crippen molar-refractivity contribution < 1.29 is 4.79 Å². The predicted molar refractivity (Wildman–Crippen MR) is 94.5 cm³/mol. The van der Waals surface area contributed by atoms with Crippen molar-refractivity contribution in [3.8, 4) is 0 Å². The van der Waals surface area contributed by atoms with E-state index >= 15 is 0 Å². The molecule has 0 atom stereocenters. The normalized spacial score (nSPS) is 14.4. The van der Waals surface area contributed by atoms with Gasteiger partial charge in [0.05, 0.1) is 0 Å². The van der Waals surface area contributed by atoms with Crippen molar-refractivity contribution in [2.24, 2.45) is 0 Å². The second-order valence-corrected chi connectivity index (χ2v) is 6.28. The summed E-state index contributed by atoms with van der Waals surface area (Å²) in [5.74, 6) is 1.99. The van der Waals surface area contributed by atoms with Crippen molar-refractivity contribution in [2.75, 3.05) is 6.54 Å². The van der Waals surface area contributed by atoms with Crippen LogP contribution in [0, 0.1) is 6.92 Å². The van der Waals surface area contributed by atoms with E-state index in [1.165, 1.54) is 24.8 Å². The number of amides is 1. The summed E-state index contributed by atoms with van der Waals surface area (Å²) in [4.78, 5) is 11.9. The first kappa shape index (κ1) is 16.4. The largest absolute Gasteiger partial charge is 0.352 e. The molecule has 5 nitrogen and oxygen atoms in total. The number of aryl methyl sites for hydroxylation is 2. The summed E-state index contributed by atoms with van der Waals surface area (Å²) in [6.07, 6.45) is 8.77. The lowest BCUT2D eigenvalue weighted by atomic mass is 10.1. The van der Waals surface area contributed by atoms with E-state index in [0.29, 0.717) is 6.54 Å². The van der Waals surface area contributed by atoms with Crippen molar-refractivity contribution in [3.63, 3.8) is 0 Å². The molecule has 1 aliphatic rings. The standard InChI is InChI=1S/C19H24N4O/c1-15-6-8-16(9-7-15)10-11-19(24)20-13-12-18-22-21-17-5-3-2-4-14-23(17)18/h6-11H,2-5,12-14H2,1H3,(H,20,24)/b11-10+. The van der Waals surface area contributed by atoms with Crippen LogP contribution in [0.5, 0.6) is 0 Å². The Balaban J connectivity index is 1.48. The topological polar surface area (TPSA) is 59.8 Å². The molecular weight excluding hydrogens is 300 g/mol. The van der Waals surface area contributed by atoms with Crippen LogP contribution in [0.3, 0.4) is 0 Å². The Morgan fingerprint density at radius 2 is 2.04 bits per heavy atom. The Morgan fingerprint density at radius 1 is 1.21 bits per heavy atom. The maximum absolute atomic E-state index is 11.9. The zero-order valence-corrected chi connectivity index (χ0v) is 14.2. The molecule has 0 saturated heterocycles. The number of nitrogens with one attached hydrogen (secondary N) is 1. The van der Waals surface area contributed by atoms with Crippen LogP contribution in [-0.2, 0) is 24.2 Å². The third-order valence-corrected chi connectivity index (χ3v) is 4.34. The van der Waals surface area contributed by atoms with E-state index in [-0.39, 0.29) is 5.91 Å². The van der Waals surface area contributed by atoms with Crippen LogP contribution in [0.2, 0.25) is 0 Å². The van der Waals surface area contributed by atoms with E-state index in [4.69, 9.17) is 0 Å². The van der Waals surface area contributed by atoms with E-state index < -0.39 is 0 Å². The van der Waals surface area contributed by atoms with Crippen molar-refractivity contribution in [1.82, 2.24) is 20.1 Å². The summed E-state index contributed by atoms with van der Waals surface area (Å²) in [6.45, 7) is 3.62. The Morgan fingerprint density at radius 3 is 2.88 bits per heavy atom. The van der Waals surface area contributed by atoms with Crippen LogP contribution in [-0.4, -0.2) is 27.2 Å². The summed E-state index contributed by atoms with van der Waals surface area (Å²) in [7, 11) is 0. The Kier molecular flexibility index (Phi) is 5.41. The van der Waals surface area contributed by atoms with E-state index in [2.05, 4.69) is 20.1 Å². The van der Waals surface area contributed by atoms with Crippen LogP contribution in [0.1, 0.15) is 42.0 Å². The molecule has 3 rings (SSSR count). The van der Waals surface area contributed by atoms with E-state index in [1.807, 2.05) is 37.3 Å². The molecule has 0 aliphatic carbocycles. The average molecular weight is 324 g/mol. The number of carbonyl (C=O) groups excluding carboxylic acids is 1. The van der Waals surface area contributed by atoms with Gasteiger partial charge in [-0.1, -0.05) is 36.2 Å². The molecule has 1 aliphatic heterocycles. The lowest BCUT2D eigenvalue weighted by Gasteiger charge is -2.07. The number of aromatic nitrogens is 3. The molecule has 1 amide bonds. The molecule has 2 aromatic rings. The van der Waals surface area contributed by atoms with Gasteiger partial charge >= 0.3 is 0 Å². The van der Waals surface area contributed by atoms with Gasteiger partial charge in [0.2, 0.25) is 5.91 Å². The van der Waals surface area contributed by atoms with Gasteiger partial charge in [0, 0.05) is 32.0 Å². The maximum Gasteiger partial charge on any atom is 0.244 e. The smallest absolute Gasteiger partial charge is 0.244 e. The Bertz CT molecular complexity index is 715. The summed E-state index contributed by atoms with van der Waals surface area (Å²) < 4.78 is 2.22. The molecule has 126 valence electrons. The summed E-state index contributed by atoms with van der Waals surface area (Å²) in [5, 5.41) is 11.5. The fourth-order valence-corrected chi connectivity index (χ4v) is 2.94. The minimum Gasteiger partial charge on any atom is -0.352 e.